The van der Waals surface area contributed by atoms with Crippen LogP contribution >= 0.6 is 23.2 Å². The monoisotopic (exact) mass is 561 g/mol. The number of ketones is 1. The summed E-state index contributed by atoms with van der Waals surface area (Å²) in [5.41, 5.74) is 1.74. The fourth-order valence-electron chi connectivity index (χ4n) is 4.28. The number of rotatable bonds is 5. The molecule has 2 heterocycles. The number of nitrogens with zero attached hydrogens (tertiary/aromatic N) is 3. The molecule has 13 heteroatoms. The summed E-state index contributed by atoms with van der Waals surface area (Å²) < 4.78 is 39.5. The third-order valence-electron chi connectivity index (χ3n) is 5.99. The SMILES string of the molecule is O=C(Cn1c2c(c(-c3cc(Cl)ccc3Cl)cc1=O)C(=O)CC2)Nc1ccc(-c2n[nH]c(C(F)(F)F)n2)cc1. The van der Waals surface area contributed by atoms with E-state index < -0.39 is 23.5 Å². The second-order valence-corrected chi connectivity index (χ2v) is 9.33. The minimum atomic E-state index is -4.65. The Kier molecular flexibility index (Phi) is 6.58. The van der Waals surface area contributed by atoms with Gasteiger partial charge in [-0.25, -0.2) is 4.98 Å². The van der Waals surface area contributed by atoms with Gasteiger partial charge in [-0.2, -0.15) is 18.3 Å². The van der Waals surface area contributed by atoms with E-state index >= 15 is 0 Å². The molecule has 2 aromatic heterocycles. The topological polar surface area (TPSA) is 110 Å². The van der Waals surface area contributed by atoms with Gasteiger partial charge in [-0.1, -0.05) is 23.2 Å². The molecule has 2 aromatic carbocycles. The zero-order valence-corrected chi connectivity index (χ0v) is 20.7. The molecule has 4 aromatic rings. The molecule has 0 atom stereocenters. The number of benzene rings is 2. The van der Waals surface area contributed by atoms with Gasteiger partial charge < -0.3 is 9.88 Å². The largest absolute Gasteiger partial charge is 0.451 e. The molecule has 5 rings (SSSR count). The average Bonchev–Trinajstić information content (AvgIpc) is 3.51. The number of halogens is 5. The van der Waals surface area contributed by atoms with Gasteiger partial charge in [0.05, 0.1) is 0 Å². The number of anilines is 1. The Morgan fingerprint density at radius 1 is 1.03 bits per heavy atom. The van der Waals surface area contributed by atoms with Gasteiger partial charge in [-0.15, -0.1) is 0 Å². The van der Waals surface area contributed by atoms with E-state index in [1.807, 2.05) is 5.10 Å². The molecule has 1 amide bonds. The summed E-state index contributed by atoms with van der Waals surface area (Å²) in [4.78, 5) is 42.0. The molecule has 1 aliphatic carbocycles. The van der Waals surface area contributed by atoms with Gasteiger partial charge >= 0.3 is 6.18 Å². The first-order valence-corrected chi connectivity index (χ1v) is 11.9. The number of nitrogens with one attached hydrogen (secondary N) is 2. The van der Waals surface area contributed by atoms with Crippen LogP contribution in [0.5, 0.6) is 0 Å². The van der Waals surface area contributed by atoms with Gasteiger partial charge in [0.1, 0.15) is 6.54 Å². The van der Waals surface area contributed by atoms with Gasteiger partial charge in [0.25, 0.3) is 5.56 Å². The van der Waals surface area contributed by atoms with Crippen LogP contribution in [0, 0.1) is 0 Å². The number of alkyl halides is 3. The number of carbonyl (C=O) groups excluding carboxylic acids is 2. The van der Waals surface area contributed by atoms with Crippen LogP contribution in [-0.2, 0) is 23.9 Å². The van der Waals surface area contributed by atoms with Gasteiger partial charge in [0, 0.05) is 56.2 Å². The fourth-order valence-corrected chi connectivity index (χ4v) is 4.67. The summed E-state index contributed by atoms with van der Waals surface area (Å²) in [6.07, 6.45) is -4.18. The second-order valence-electron chi connectivity index (χ2n) is 8.48. The first-order chi connectivity index (χ1) is 18.0. The van der Waals surface area contributed by atoms with Crippen molar-refractivity contribution >= 4 is 40.6 Å². The lowest BCUT2D eigenvalue weighted by Crippen LogP contribution is -2.30. The minimum Gasteiger partial charge on any atom is -0.325 e. The molecule has 0 unspecified atom stereocenters. The van der Waals surface area contributed by atoms with Crippen LogP contribution in [0.25, 0.3) is 22.5 Å². The van der Waals surface area contributed by atoms with E-state index in [4.69, 9.17) is 23.2 Å². The smallest absolute Gasteiger partial charge is 0.325 e. The number of hydrogen-bond acceptors (Lipinski definition) is 5. The highest BCUT2D eigenvalue weighted by molar-refractivity contribution is 6.35. The lowest BCUT2D eigenvalue weighted by atomic mass is 9.99. The molecular formula is C25H16Cl2F3N5O3. The van der Waals surface area contributed by atoms with Crippen LogP contribution in [0.1, 0.15) is 28.3 Å². The Morgan fingerprint density at radius 2 is 1.76 bits per heavy atom. The van der Waals surface area contributed by atoms with Crippen LogP contribution in [-0.4, -0.2) is 31.4 Å². The molecule has 0 fully saturated rings. The predicted molar refractivity (Wildman–Crippen MR) is 134 cm³/mol. The lowest BCUT2D eigenvalue weighted by molar-refractivity contribution is -0.144. The fraction of sp³-hybridized carbons (Fsp3) is 0.160. The maximum atomic E-state index is 13.0. The number of aromatic nitrogens is 4. The standard InChI is InChI=1S/C25H16Cl2F3N5O3/c26-13-3-6-17(27)15(9-13)16-10-21(38)35(18-7-8-19(36)22(16)18)11-20(37)31-14-4-1-12(2-5-14)23-32-24(34-33-23)25(28,29)30/h1-6,9-10H,7-8,11H2,(H,31,37)(H,32,33,34). The number of H-pyrrole nitrogens is 1. The molecule has 0 radical (unpaired) electrons. The van der Waals surface area contributed by atoms with Gasteiger partial charge in [-0.3, -0.25) is 19.5 Å². The van der Waals surface area contributed by atoms with E-state index in [0.717, 1.165) is 0 Å². The van der Waals surface area contributed by atoms with Gasteiger partial charge in [0.15, 0.2) is 11.6 Å². The van der Waals surface area contributed by atoms with Crippen LogP contribution < -0.4 is 10.9 Å². The zero-order valence-electron chi connectivity index (χ0n) is 19.2. The van der Waals surface area contributed by atoms with Crippen molar-refractivity contribution in [1.29, 1.82) is 0 Å². The molecule has 1 aliphatic rings. The van der Waals surface area contributed by atoms with E-state index in [-0.39, 0.29) is 31.0 Å². The first kappa shape index (κ1) is 25.7. The second kappa shape index (κ2) is 9.73. The van der Waals surface area contributed by atoms with Crippen LogP contribution in [0.15, 0.2) is 53.3 Å². The molecule has 0 saturated heterocycles. The van der Waals surface area contributed by atoms with E-state index in [1.54, 1.807) is 18.2 Å². The van der Waals surface area contributed by atoms with Crippen LogP contribution in [0.4, 0.5) is 18.9 Å². The third kappa shape index (κ3) is 4.94. The molecule has 194 valence electrons. The number of amides is 1. The summed E-state index contributed by atoms with van der Waals surface area (Å²) in [5, 5.41) is 8.76. The molecule has 0 bridgehead atoms. The highest BCUT2D eigenvalue weighted by Gasteiger charge is 2.35. The van der Waals surface area contributed by atoms with E-state index in [2.05, 4.69) is 15.4 Å². The number of pyridine rings is 1. The van der Waals surface area contributed by atoms with E-state index in [1.165, 1.54) is 34.9 Å². The maximum Gasteiger partial charge on any atom is 0.451 e. The number of aromatic amines is 1. The molecule has 8 nitrogen and oxygen atoms in total. The Hall–Kier alpha value is -3.96. The molecule has 38 heavy (non-hydrogen) atoms. The lowest BCUT2D eigenvalue weighted by Gasteiger charge is -2.16. The normalized spacial score (nSPS) is 13.0. The van der Waals surface area contributed by atoms with Crippen molar-refractivity contribution in [2.75, 3.05) is 5.32 Å². The Morgan fingerprint density at radius 3 is 2.45 bits per heavy atom. The maximum absolute atomic E-state index is 13.0. The predicted octanol–water partition coefficient (Wildman–Crippen LogP) is 5.39. The van der Waals surface area contributed by atoms with Crippen molar-refractivity contribution in [3.05, 3.63) is 86.0 Å². The third-order valence-corrected chi connectivity index (χ3v) is 6.55. The van der Waals surface area contributed by atoms with Crippen molar-refractivity contribution in [3.8, 4) is 22.5 Å². The highest BCUT2D eigenvalue weighted by atomic mass is 35.5. The van der Waals surface area contributed by atoms with Crippen LogP contribution in [0.3, 0.4) is 0 Å². The van der Waals surface area contributed by atoms with Crippen molar-refractivity contribution < 1.29 is 22.8 Å². The van der Waals surface area contributed by atoms with Crippen LogP contribution in [0.2, 0.25) is 10.0 Å². The van der Waals surface area contributed by atoms with Crippen molar-refractivity contribution in [3.63, 3.8) is 0 Å². The summed E-state index contributed by atoms with van der Waals surface area (Å²) in [5.74, 6) is -2.07. The molecule has 2 N–H and O–H groups in total. The molecule has 0 spiro atoms. The minimum absolute atomic E-state index is 0.151. The van der Waals surface area contributed by atoms with Crippen molar-refractivity contribution in [2.24, 2.45) is 0 Å². The molecule has 0 aliphatic heterocycles. The Labute approximate surface area is 222 Å². The first-order valence-electron chi connectivity index (χ1n) is 11.2. The summed E-state index contributed by atoms with van der Waals surface area (Å²) in [7, 11) is 0. The summed E-state index contributed by atoms with van der Waals surface area (Å²) >= 11 is 12.4. The van der Waals surface area contributed by atoms with Crippen molar-refractivity contribution in [1.82, 2.24) is 19.7 Å². The van der Waals surface area contributed by atoms with Gasteiger partial charge in [0.2, 0.25) is 11.7 Å². The highest BCUT2D eigenvalue weighted by Crippen LogP contribution is 2.36. The molecular weight excluding hydrogens is 546 g/mol. The van der Waals surface area contributed by atoms with Crippen molar-refractivity contribution in [2.45, 2.75) is 25.6 Å². The Bertz CT molecular complexity index is 1650. The quantitative estimate of drug-likeness (QED) is 0.339. The average molecular weight is 562 g/mol. The number of fused-ring (bicyclic) bond motifs is 1. The van der Waals surface area contributed by atoms with E-state index in [0.29, 0.717) is 43.7 Å². The summed E-state index contributed by atoms with van der Waals surface area (Å²) in [6.45, 7) is -0.352. The number of Topliss-reactive ketones (excluding diaryl/α,β-unsaturated/α-hetero) is 1. The van der Waals surface area contributed by atoms with E-state index in [9.17, 15) is 27.6 Å². The number of hydrogen-bond donors (Lipinski definition) is 2. The summed E-state index contributed by atoms with van der Waals surface area (Å²) in [6, 6.07) is 11.9. The Balaban J connectivity index is 1.38. The molecule has 0 saturated carbocycles. The number of carbonyl (C=O) groups is 2. The van der Waals surface area contributed by atoms with Gasteiger partial charge in [-0.05, 0) is 48.9 Å². The zero-order chi connectivity index (χ0) is 27.2.